The summed E-state index contributed by atoms with van der Waals surface area (Å²) in [6.07, 6.45) is -7.17. The van der Waals surface area contributed by atoms with E-state index in [-0.39, 0.29) is 6.04 Å². The van der Waals surface area contributed by atoms with E-state index >= 15 is 0 Å². The van der Waals surface area contributed by atoms with Crippen LogP contribution in [0, 0.1) is 0 Å². The Balaban J connectivity index is 2.01. The Kier molecular flexibility index (Phi) is 7.79. The van der Waals surface area contributed by atoms with Crippen LogP contribution in [0.5, 0.6) is 0 Å². The van der Waals surface area contributed by atoms with Crippen LogP contribution in [-0.4, -0.2) is 24.9 Å². The highest BCUT2D eigenvalue weighted by atomic mass is 32.2. The highest BCUT2D eigenvalue weighted by molar-refractivity contribution is 7.99. The number of rotatable bonds is 6. The zero-order valence-electron chi connectivity index (χ0n) is 17.6. The summed E-state index contributed by atoms with van der Waals surface area (Å²) < 4.78 is 83.0. The van der Waals surface area contributed by atoms with Crippen LogP contribution in [-0.2, 0) is 17.1 Å². The Morgan fingerprint density at radius 3 is 2.30 bits per heavy atom. The number of halogens is 6. The van der Waals surface area contributed by atoms with E-state index in [0.717, 1.165) is 57.1 Å². The largest absolute Gasteiger partial charge is 0.418 e. The van der Waals surface area contributed by atoms with E-state index in [2.05, 4.69) is 10.6 Å². The van der Waals surface area contributed by atoms with Gasteiger partial charge < -0.3 is 10.6 Å². The van der Waals surface area contributed by atoms with Crippen molar-refractivity contribution in [3.05, 3.63) is 59.2 Å². The average Bonchev–Trinajstić information content (AvgIpc) is 2.72. The van der Waals surface area contributed by atoms with Gasteiger partial charge >= 0.3 is 12.4 Å². The molecule has 0 spiro atoms. The minimum absolute atomic E-state index is 0.210. The first-order chi connectivity index (χ1) is 15.4. The maximum atomic E-state index is 13.9. The van der Waals surface area contributed by atoms with Gasteiger partial charge in [0.05, 0.1) is 11.1 Å². The zero-order valence-corrected chi connectivity index (χ0v) is 18.4. The number of nitrogens with one attached hydrogen (secondary N) is 2. The normalized spacial score (nSPS) is 15.7. The number of hydrogen-bond donors (Lipinski definition) is 2. The molecule has 178 valence electrons. The van der Waals surface area contributed by atoms with E-state index in [1.165, 1.54) is 0 Å². The molecule has 2 N–H and O–H groups in total. The summed E-state index contributed by atoms with van der Waals surface area (Å²) in [5.74, 6) is -0.576. The lowest BCUT2D eigenvalue weighted by Gasteiger charge is -2.25. The smallest absolute Gasteiger partial charge is 0.382 e. The molecular formula is C23H22F6N2OS. The average molecular weight is 488 g/mol. The number of carbonyl (C=O) groups is 1. The lowest BCUT2D eigenvalue weighted by atomic mass is 9.99. The Bertz CT molecular complexity index is 1030. The summed E-state index contributed by atoms with van der Waals surface area (Å²) in [5.41, 5.74) is -3.59. The summed E-state index contributed by atoms with van der Waals surface area (Å²) in [6, 6.07) is 8.77. The predicted molar refractivity (Wildman–Crippen MR) is 116 cm³/mol. The van der Waals surface area contributed by atoms with Gasteiger partial charge in [-0.1, -0.05) is 30.0 Å². The third-order valence-corrected chi connectivity index (χ3v) is 6.09. The van der Waals surface area contributed by atoms with Gasteiger partial charge in [0.2, 0.25) is 0 Å². The second kappa shape index (κ2) is 10.2. The van der Waals surface area contributed by atoms with Crippen LogP contribution < -0.4 is 10.6 Å². The van der Waals surface area contributed by atoms with Gasteiger partial charge in [-0.25, -0.2) is 0 Å². The molecule has 3 nitrogen and oxygen atoms in total. The van der Waals surface area contributed by atoms with Crippen LogP contribution in [0.15, 0.2) is 52.3 Å². The van der Waals surface area contributed by atoms with Crippen molar-refractivity contribution in [1.82, 2.24) is 5.32 Å². The van der Waals surface area contributed by atoms with Gasteiger partial charge in [0, 0.05) is 21.5 Å². The topological polar surface area (TPSA) is 41.1 Å². The lowest BCUT2D eigenvalue weighted by Crippen LogP contribution is -2.35. The molecule has 1 fully saturated rings. The molecule has 0 aromatic heterocycles. The SMILES string of the molecule is CC(=O)/C=C/c1ccc(Sc2cccc(NC3CCNCC3)c2)c(C(F)(F)F)c1C(F)(F)F. The standard InChI is InChI=1S/C23H22F6N2OS/c1-14(32)5-6-15-7-8-19(21(23(27,28)29)20(15)22(24,25)26)33-18-4-2-3-17(13-18)31-16-9-11-30-12-10-16/h2-8,13,16,30-31H,9-12H2,1H3/b6-5+. The number of piperidine rings is 1. The Morgan fingerprint density at radius 2 is 1.70 bits per heavy atom. The van der Waals surface area contributed by atoms with Crippen molar-refractivity contribution in [1.29, 1.82) is 0 Å². The Labute approximate surface area is 191 Å². The molecule has 3 rings (SSSR count). The van der Waals surface area contributed by atoms with Gasteiger partial charge in [-0.2, -0.15) is 26.3 Å². The predicted octanol–water partition coefficient (Wildman–Crippen LogP) is 6.64. The van der Waals surface area contributed by atoms with Crippen molar-refractivity contribution in [3.63, 3.8) is 0 Å². The molecule has 1 heterocycles. The van der Waals surface area contributed by atoms with Crippen LogP contribution in [0.25, 0.3) is 6.08 Å². The minimum Gasteiger partial charge on any atom is -0.382 e. The zero-order chi connectivity index (χ0) is 24.2. The molecule has 33 heavy (non-hydrogen) atoms. The van der Waals surface area contributed by atoms with Crippen LogP contribution in [0.4, 0.5) is 32.0 Å². The number of hydrogen-bond acceptors (Lipinski definition) is 4. The molecule has 1 aliphatic heterocycles. The highest BCUT2D eigenvalue weighted by Gasteiger charge is 2.46. The van der Waals surface area contributed by atoms with Crippen LogP contribution in [0.1, 0.15) is 36.5 Å². The van der Waals surface area contributed by atoms with E-state index in [0.29, 0.717) is 22.3 Å². The molecule has 0 saturated carbocycles. The maximum Gasteiger partial charge on any atom is 0.418 e. The fraction of sp³-hybridized carbons (Fsp3) is 0.348. The quantitative estimate of drug-likeness (QED) is 0.353. The fourth-order valence-corrected chi connectivity index (χ4v) is 4.64. The summed E-state index contributed by atoms with van der Waals surface area (Å²) in [5, 5.41) is 6.56. The first-order valence-electron chi connectivity index (χ1n) is 10.2. The van der Waals surface area contributed by atoms with Gasteiger partial charge in [-0.3, -0.25) is 4.79 Å². The van der Waals surface area contributed by atoms with Crippen molar-refractivity contribution < 1.29 is 31.1 Å². The molecule has 10 heteroatoms. The molecule has 2 aromatic carbocycles. The van der Waals surface area contributed by atoms with Crippen molar-refractivity contribution >= 4 is 29.3 Å². The first-order valence-corrected chi connectivity index (χ1v) is 11.0. The molecule has 0 amide bonds. The van der Waals surface area contributed by atoms with Crippen LogP contribution in [0.3, 0.4) is 0 Å². The van der Waals surface area contributed by atoms with Gasteiger partial charge in [-0.05, 0) is 68.8 Å². The van der Waals surface area contributed by atoms with Crippen LogP contribution >= 0.6 is 11.8 Å². The molecule has 0 radical (unpaired) electrons. The molecule has 0 aliphatic carbocycles. The summed E-state index contributed by atoms with van der Waals surface area (Å²) in [4.78, 5) is 11.0. The maximum absolute atomic E-state index is 13.9. The Hall–Kier alpha value is -2.46. The lowest BCUT2D eigenvalue weighted by molar-refractivity contribution is -0.163. The molecule has 0 bridgehead atoms. The molecule has 0 unspecified atom stereocenters. The number of benzene rings is 2. The molecule has 1 saturated heterocycles. The van der Waals surface area contributed by atoms with Crippen molar-refractivity contribution in [2.45, 2.75) is 48.0 Å². The van der Waals surface area contributed by atoms with Crippen molar-refractivity contribution in [2.24, 2.45) is 0 Å². The number of anilines is 1. The van der Waals surface area contributed by atoms with E-state index in [4.69, 9.17) is 0 Å². The number of carbonyl (C=O) groups excluding carboxylic acids is 1. The van der Waals surface area contributed by atoms with E-state index in [1.54, 1.807) is 24.3 Å². The first kappa shape index (κ1) is 25.2. The third-order valence-electron chi connectivity index (χ3n) is 5.04. The van der Waals surface area contributed by atoms with E-state index in [1.807, 2.05) is 0 Å². The Morgan fingerprint density at radius 1 is 1.03 bits per heavy atom. The van der Waals surface area contributed by atoms with Crippen LogP contribution in [0.2, 0.25) is 0 Å². The number of allylic oxidation sites excluding steroid dienone is 1. The van der Waals surface area contributed by atoms with E-state index in [9.17, 15) is 31.1 Å². The van der Waals surface area contributed by atoms with Gasteiger partial charge in [0.1, 0.15) is 0 Å². The molecular weight excluding hydrogens is 466 g/mol. The van der Waals surface area contributed by atoms with E-state index < -0.39 is 39.7 Å². The monoisotopic (exact) mass is 488 g/mol. The minimum atomic E-state index is -5.27. The highest BCUT2D eigenvalue weighted by Crippen LogP contribution is 2.48. The molecule has 1 aliphatic rings. The fourth-order valence-electron chi connectivity index (χ4n) is 3.60. The van der Waals surface area contributed by atoms with Gasteiger partial charge in [-0.15, -0.1) is 0 Å². The van der Waals surface area contributed by atoms with Crippen molar-refractivity contribution in [3.8, 4) is 0 Å². The van der Waals surface area contributed by atoms with Gasteiger partial charge in [0.15, 0.2) is 5.78 Å². The number of alkyl halides is 6. The van der Waals surface area contributed by atoms with Gasteiger partial charge in [0.25, 0.3) is 0 Å². The second-order valence-electron chi connectivity index (χ2n) is 7.64. The summed E-state index contributed by atoms with van der Waals surface area (Å²) in [7, 11) is 0. The molecule has 2 aromatic rings. The summed E-state index contributed by atoms with van der Waals surface area (Å²) in [6.45, 7) is 2.81. The number of ketones is 1. The third kappa shape index (κ3) is 6.77. The second-order valence-corrected chi connectivity index (χ2v) is 8.76. The summed E-state index contributed by atoms with van der Waals surface area (Å²) >= 11 is 0.617. The van der Waals surface area contributed by atoms with Crippen molar-refractivity contribution in [2.75, 3.05) is 18.4 Å². The molecule has 0 atom stereocenters.